The summed E-state index contributed by atoms with van der Waals surface area (Å²) < 4.78 is 4.68. The van der Waals surface area contributed by atoms with Gasteiger partial charge in [-0.05, 0) is 12.3 Å². The van der Waals surface area contributed by atoms with Crippen LogP contribution in [0, 0.1) is 5.92 Å². The van der Waals surface area contributed by atoms with Crippen LogP contribution in [0.4, 0.5) is 0 Å². The van der Waals surface area contributed by atoms with E-state index in [1.165, 1.54) is 90.6 Å². The molecule has 0 aliphatic heterocycles. The summed E-state index contributed by atoms with van der Waals surface area (Å²) >= 11 is 0. The van der Waals surface area contributed by atoms with Gasteiger partial charge in [0, 0.05) is 6.42 Å². The van der Waals surface area contributed by atoms with Crippen LogP contribution >= 0.6 is 0 Å². The summed E-state index contributed by atoms with van der Waals surface area (Å²) in [5, 5.41) is 0. The van der Waals surface area contributed by atoms with Gasteiger partial charge in [0.15, 0.2) is 0 Å². The molecule has 1 atom stereocenters. The van der Waals surface area contributed by atoms with E-state index in [0.717, 1.165) is 6.42 Å². The second kappa shape index (κ2) is 19.5. The van der Waals surface area contributed by atoms with Crippen molar-refractivity contribution in [2.45, 2.75) is 110 Å². The normalized spacial score (nSPS) is 11.8. The molecule has 0 rings (SSSR count). The topological polar surface area (TPSA) is 61.3 Å². The molecule has 0 aromatic rings. The van der Waals surface area contributed by atoms with E-state index in [0.29, 0.717) is 12.3 Å². The van der Waals surface area contributed by atoms with E-state index in [1.54, 1.807) is 0 Å². The predicted molar refractivity (Wildman–Crippen MR) is 101 cm³/mol. The molecule has 0 bridgehead atoms. The third-order valence-electron chi connectivity index (χ3n) is 4.62. The standard InChI is InChI=1S/C20H40O2.H3N/c1-4-5-6-7-8-9-10-11-12-13-14-15-16-19(2)17-18-20(21)22-3;/h19H,4-18H2,1-3H3;1H3. The van der Waals surface area contributed by atoms with Crippen LogP contribution in [0.2, 0.25) is 0 Å². The molecule has 3 N–H and O–H groups in total. The van der Waals surface area contributed by atoms with Crippen LogP contribution in [0.5, 0.6) is 0 Å². The molecule has 0 aliphatic rings. The molecule has 0 amide bonds. The maximum atomic E-state index is 11.1. The lowest BCUT2D eigenvalue weighted by Gasteiger charge is -2.10. The number of carbonyl (C=O) groups is 1. The molecule has 140 valence electrons. The van der Waals surface area contributed by atoms with Gasteiger partial charge < -0.3 is 10.9 Å². The van der Waals surface area contributed by atoms with E-state index in [4.69, 9.17) is 0 Å². The van der Waals surface area contributed by atoms with Gasteiger partial charge >= 0.3 is 5.97 Å². The Labute approximate surface area is 145 Å². The van der Waals surface area contributed by atoms with Crippen LogP contribution in [0.3, 0.4) is 0 Å². The van der Waals surface area contributed by atoms with Crippen LogP contribution in [0.15, 0.2) is 0 Å². The molecule has 0 heterocycles. The summed E-state index contributed by atoms with van der Waals surface area (Å²) in [6.07, 6.45) is 19.7. The molecular weight excluding hydrogens is 286 g/mol. The average Bonchev–Trinajstić information content (AvgIpc) is 2.53. The van der Waals surface area contributed by atoms with Crippen molar-refractivity contribution in [2.24, 2.45) is 5.92 Å². The maximum absolute atomic E-state index is 11.1. The molecule has 0 aromatic carbocycles. The first-order valence-electron chi connectivity index (χ1n) is 9.77. The lowest BCUT2D eigenvalue weighted by Crippen LogP contribution is -2.04. The predicted octanol–water partition coefficient (Wildman–Crippen LogP) is 6.83. The molecular formula is C20H43NO2. The van der Waals surface area contributed by atoms with Crippen molar-refractivity contribution >= 4 is 5.97 Å². The molecule has 0 aliphatic carbocycles. The quantitative estimate of drug-likeness (QED) is 0.249. The largest absolute Gasteiger partial charge is 0.469 e. The summed E-state index contributed by atoms with van der Waals surface area (Å²) in [6, 6.07) is 0. The number of ether oxygens (including phenoxy) is 1. The number of rotatable bonds is 16. The minimum atomic E-state index is -0.0680. The minimum absolute atomic E-state index is 0. The van der Waals surface area contributed by atoms with E-state index in [-0.39, 0.29) is 12.1 Å². The number of methoxy groups -OCH3 is 1. The highest BCUT2D eigenvalue weighted by Crippen LogP contribution is 2.17. The highest BCUT2D eigenvalue weighted by molar-refractivity contribution is 5.69. The van der Waals surface area contributed by atoms with Crippen LogP contribution in [-0.4, -0.2) is 13.1 Å². The molecule has 0 radical (unpaired) electrons. The summed E-state index contributed by atoms with van der Waals surface area (Å²) in [5.41, 5.74) is 0. The van der Waals surface area contributed by atoms with Gasteiger partial charge in [-0.3, -0.25) is 4.79 Å². The van der Waals surface area contributed by atoms with E-state index in [1.807, 2.05) is 0 Å². The molecule has 0 fully saturated rings. The Balaban J connectivity index is 0. The number of unbranched alkanes of at least 4 members (excludes halogenated alkanes) is 11. The van der Waals surface area contributed by atoms with Crippen molar-refractivity contribution in [1.82, 2.24) is 6.15 Å². The fraction of sp³-hybridized carbons (Fsp3) is 0.950. The summed E-state index contributed by atoms with van der Waals surface area (Å²) in [5.74, 6) is 0.587. The summed E-state index contributed by atoms with van der Waals surface area (Å²) in [7, 11) is 1.47. The van der Waals surface area contributed by atoms with Gasteiger partial charge in [0.2, 0.25) is 0 Å². The van der Waals surface area contributed by atoms with Crippen molar-refractivity contribution < 1.29 is 9.53 Å². The molecule has 3 nitrogen and oxygen atoms in total. The van der Waals surface area contributed by atoms with Crippen molar-refractivity contribution in [3.8, 4) is 0 Å². The smallest absolute Gasteiger partial charge is 0.305 e. The van der Waals surface area contributed by atoms with Gasteiger partial charge in [-0.25, -0.2) is 0 Å². The SMILES string of the molecule is CCCCCCCCCCCCCCC(C)CCC(=O)OC.N. The second-order valence-electron chi connectivity index (χ2n) is 6.90. The molecule has 3 heteroatoms. The first kappa shape index (κ1) is 24.7. The number of hydrogen-bond donors (Lipinski definition) is 1. The van der Waals surface area contributed by atoms with Crippen LogP contribution < -0.4 is 6.15 Å². The zero-order valence-corrected chi connectivity index (χ0v) is 16.2. The molecule has 0 saturated heterocycles. The van der Waals surface area contributed by atoms with Crippen LogP contribution in [0.25, 0.3) is 0 Å². The molecule has 23 heavy (non-hydrogen) atoms. The van der Waals surface area contributed by atoms with Crippen LogP contribution in [-0.2, 0) is 9.53 Å². The third kappa shape index (κ3) is 19.4. The number of carbonyl (C=O) groups excluding carboxylic acids is 1. The van der Waals surface area contributed by atoms with Gasteiger partial charge in [-0.2, -0.15) is 0 Å². The fourth-order valence-corrected chi connectivity index (χ4v) is 2.94. The molecule has 0 spiro atoms. The Kier molecular flexibility index (Phi) is 20.9. The Morgan fingerprint density at radius 2 is 1.22 bits per heavy atom. The summed E-state index contributed by atoms with van der Waals surface area (Å²) in [6.45, 7) is 4.53. The van der Waals surface area contributed by atoms with E-state index < -0.39 is 0 Å². The van der Waals surface area contributed by atoms with E-state index >= 15 is 0 Å². The van der Waals surface area contributed by atoms with Crippen molar-refractivity contribution in [2.75, 3.05) is 7.11 Å². The first-order chi connectivity index (χ1) is 10.7. The van der Waals surface area contributed by atoms with Gasteiger partial charge in [-0.15, -0.1) is 0 Å². The Morgan fingerprint density at radius 3 is 1.65 bits per heavy atom. The van der Waals surface area contributed by atoms with Crippen LogP contribution in [0.1, 0.15) is 110 Å². The highest BCUT2D eigenvalue weighted by Gasteiger charge is 2.06. The number of hydrogen-bond acceptors (Lipinski definition) is 3. The Hall–Kier alpha value is -0.570. The third-order valence-corrected chi connectivity index (χ3v) is 4.62. The zero-order chi connectivity index (χ0) is 16.5. The molecule has 1 unspecified atom stereocenters. The monoisotopic (exact) mass is 329 g/mol. The zero-order valence-electron chi connectivity index (χ0n) is 16.2. The maximum Gasteiger partial charge on any atom is 0.305 e. The van der Waals surface area contributed by atoms with Crippen molar-refractivity contribution in [3.63, 3.8) is 0 Å². The lowest BCUT2D eigenvalue weighted by molar-refractivity contribution is -0.140. The second-order valence-corrected chi connectivity index (χ2v) is 6.90. The molecule has 0 saturated carbocycles. The average molecular weight is 330 g/mol. The number of esters is 1. The van der Waals surface area contributed by atoms with Gasteiger partial charge in [0.25, 0.3) is 0 Å². The van der Waals surface area contributed by atoms with Crippen molar-refractivity contribution in [3.05, 3.63) is 0 Å². The lowest BCUT2D eigenvalue weighted by atomic mass is 9.97. The van der Waals surface area contributed by atoms with E-state index in [2.05, 4.69) is 18.6 Å². The molecule has 0 aromatic heterocycles. The van der Waals surface area contributed by atoms with E-state index in [9.17, 15) is 4.79 Å². The Morgan fingerprint density at radius 1 is 0.783 bits per heavy atom. The van der Waals surface area contributed by atoms with Crippen molar-refractivity contribution in [1.29, 1.82) is 0 Å². The highest BCUT2D eigenvalue weighted by atomic mass is 16.5. The minimum Gasteiger partial charge on any atom is -0.469 e. The van der Waals surface area contributed by atoms with Gasteiger partial charge in [-0.1, -0.05) is 97.3 Å². The summed E-state index contributed by atoms with van der Waals surface area (Å²) in [4.78, 5) is 11.1. The Bertz CT molecular complexity index is 244. The van der Waals surface area contributed by atoms with Gasteiger partial charge in [0.05, 0.1) is 7.11 Å². The first-order valence-corrected chi connectivity index (χ1v) is 9.77. The van der Waals surface area contributed by atoms with Gasteiger partial charge in [0.1, 0.15) is 0 Å². The fourth-order valence-electron chi connectivity index (χ4n) is 2.94.